The fourth-order valence-corrected chi connectivity index (χ4v) is 1.96. The molecule has 1 aliphatic heterocycles. The van der Waals surface area contributed by atoms with Crippen LogP contribution >= 0.6 is 0 Å². The normalized spacial score (nSPS) is 14.7. The van der Waals surface area contributed by atoms with Crippen LogP contribution in [-0.2, 0) is 16.0 Å². The highest BCUT2D eigenvalue weighted by Crippen LogP contribution is 2.25. The number of nitrogens with zero attached hydrogens (tertiary/aromatic N) is 1. The fourth-order valence-electron chi connectivity index (χ4n) is 1.96. The summed E-state index contributed by atoms with van der Waals surface area (Å²) in [5.74, 6) is -0.822. The summed E-state index contributed by atoms with van der Waals surface area (Å²) in [5, 5.41) is 8.67. The number of benzene rings is 1. The number of ether oxygens (including phenoxy) is 1. The second-order valence-electron chi connectivity index (χ2n) is 4.28. The number of carbonyl (C=O) groups excluding carboxylic acids is 1. The third-order valence-electron chi connectivity index (χ3n) is 2.95. The lowest BCUT2D eigenvalue weighted by atomic mass is 10.1. The van der Waals surface area contributed by atoms with Crippen molar-refractivity contribution in [1.82, 2.24) is 0 Å². The lowest BCUT2D eigenvalue weighted by Gasteiger charge is -2.16. The van der Waals surface area contributed by atoms with E-state index in [1.165, 1.54) is 0 Å². The maximum absolute atomic E-state index is 11.5. The number of rotatable bonds is 4. The van der Waals surface area contributed by atoms with Crippen molar-refractivity contribution < 1.29 is 19.4 Å². The van der Waals surface area contributed by atoms with Crippen LogP contribution in [0.4, 0.5) is 10.5 Å². The standard InChI is InChI=1S/C13H15NO4/c1-9-2-3-10(4-5-12(15)16)8-11(9)14-6-7-18-13(14)17/h2-3,8H,4-7H2,1H3,(H,15,16). The summed E-state index contributed by atoms with van der Waals surface area (Å²) in [4.78, 5) is 23.6. The van der Waals surface area contributed by atoms with E-state index in [9.17, 15) is 9.59 Å². The Hall–Kier alpha value is -2.04. The molecule has 5 heteroatoms. The third kappa shape index (κ3) is 2.61. The smallest absolute Gasteiger partial charge is 0.414 e. The highest BCUT2D eigenvalue weighted by Gasteiger charge is 2.24. The van der Waals surface area contributed by atoms with Crippen LogP contribution in [0.15, 0.2) is 18.2 Å². The molecule has 1 fully saturated rings. The molecule has 1 N–H and O–H groups in total. The number of amides is 1. The van der Waals surface area contributed by atoms with Crippen LogP contribution in [0.1, 0.15) is 17.5 Å². The van der Waals surface area contributed by atoms with Crippen molar-refractivity contribution in [3.8, 4) is 0 Å². The lowest BCUT2D eigenvalue weighted by Crippen LogP contribution is -2.24. The molecule has 5 nitrogen and oxygen atoms in total. The zero-order valence-corrected chi connectivity index (χ0v) is 10.2. The van der Waals surface area contributed by atoms with E-state index in [0.29, 0.717) is 19.6 Å². The largest absolute Gasteiger partial charge is 0.481 e. The molecule has 1 amide bonds. The number of aryl methyl sites for hydroxylation is 2. The molecule has 1 aliphatic rings. The number of hydrogen-bond acceptors (Lipinski definition) is 3. The Kier molecular flexibility index (Phi) is 3.50. The van der Waals surface area contributed by atoms with E-state index < -0.39 is 5.97 Å². The number of carboxylic acids is 1. The van der Waals surface area contributed by atoms with Crippen LogP contribution in [0.2, 0.25) is 0 Å². The van der Waals surface area contributed by atoms with Gasteiger partial charge in [-0.15, -0.1) is 0 Å². The molecule has 1 heterocycles. The molecular formula is C13H15NO4. The van der Waals surface area contributed by atoms with Crippen LogP contribution in [-0.4, -0.2) is 30.3 Å². The molecule has 0 spiro atoms. The summed E-state index contributed by atoms with van der Waals surface area (Å²) in [7, 11) is 0. The summed E-state index contributed by atoms with van der Waals surface area (Å²) in [6.45, 7) is 2.86. The van der Waals surface area contributed by atoms with Gasteiger partial charge in [0.15, 0.2) is 0 Å². The number of hydrogen-bond donors (Lipinski definition) is 1. The van der Waals surface area contributed by atoms with Crippen molar-refractivity contribution in [2.75, 3.05) is 18.1 Å². The Balaban J connectivity index is 2.21. The summed E-state index contributed by atoms with van der Waals surface area (Å²) < 4.78 is 4.91. The van der Waals surface area contributed by atoms with Gasteiger partial charge in [0.1, 0.15) is 6.61 Å². The van der Waals surface area contributed by atoms with E-state index in [-0.39, 0.29) is 12.5 Å². The summed E-state index contributed by atoms with van der Waals surface area (Å²) in [6, 6.07) is 5.66. The van der Waals surface area contributed by atoms with Crippen LogP contribution < -0.4 is 4.90 Å². The molecule has 0 bridgehead atoms. The molecule has 0 radical (unpaired) electrons. The molecule has 0 aromatic heterocycles. The summed E-state index contributed by atoms with van der Waals surface area (Å²) in [5.41, 5.74) is 2.70. The minimum atomic E-state index is -0.822. The lowest BCUT2D eigenvalue weighted by molar-refractivity contribution is -0.136. The maximum atomic E-state index is 11.5. The number of aliphatic carboxylic acids is 1. The number of carboxylic acid groups (broad SMARTS) is 1. The van der Waals surface area contributed by atoms with E-state index in [1.54, 1.807) is 4.90 Å². The Morgan fingerprint density at radius 1 is 1.50 bits per heavy atom. The Labute approximate surface area is 105 Å². The number of carbonyl (C=O) groups is 2. The first-order valence-electron chi connectivity index (χ1n) is 5.83. The monoisotopic (exact) mass is 249 g/mol. The van der Waals surface area contributed by atoms with E-state index >= 15 is 0 Å². The van der Waals surface area contributed by atoms with Gasteiger partial charge in [0.25, 0.3) is 0 Å². The first-order valence-corrected chi connectivity index (χ1v) is 5.83. The average molecular weight is 249 g/mol. The number of anilines is 1. The molecule has 2 rings (SSSR count). The predicted octanol–water partition coefficient (Wildman–Crippen LogP) is 1.97. The van der Waals surface area contributed by atoms with Crippen molar-refractivity contribution in [2.45, 2.75) is 19.8 Å². The molecule has 0 saturated carbocycles. The molecule has 1 saturated heterocycles. The van der Waals surface area contributed by atoms with Gasteiger partial charge in [0.2, 0.25) is 0 Å². The van der Waals surface area contributed by atoms with E-state index in [2.05, 4.69) is 0 Å². The molecule has 0 aliphatic carbocycles. The van der Waals surface area contributed by atoms with Crippen molar-refractivity contribution in [3.05, 3.63) is 29.3 Å². The minimum Gasteiger partial charge on any atom is -0.481 e. The van der Waals surface area contributed by atoms with Gasteiger partial charge in [0, 0.05) is 6.42 Å². The van der Waals surface area contributed by atoms with Crippen LogP contribution in [0, 0.1) is 6.92 Å². The summed E-state index contributed by atoms with van der Waals surface area (Å²) in [6.07, 6.45) is 0.215. The van der Waals surface area contributed by atoms with Gasteiger partial charge in [-0.3, -0.25) is 9.69 Å². The van der Waals surface area contributed by atoms with E-state index in [1.807, 2.05) is 25.1 Å². The zero-order valence-electron chi connectivity index (χ0n) is 10.2. The Morgan fingerprint density at radius 2 is 2.28 bits per heavy atom. The highest BCUT2D eigenvalue weighted by atomic mass is 16.6. The quantitative estimate of drug-likeness (QED) is 0.885. The fraction of sp³-hybridized carbons (Fsp3) is 0.385. The van der Waals surface area contributed by atoms with Crippen molar-refractivity contribution >= 4 is 17.7 Å². The van der Waals surface area contributed by atoms with Crippen molar-refractivity contribution in [3.63, 3.8) is 0 Å². The molecule has 18 heavy (non-hydrogen) atoms. The maximum Gasteiger partial charge on any atom is 0.414 e. The molecule has 0 atom stereocenters. The molecular weight excluding hydrogens is 234 g/mol. The Bertz CT molecular complexity index is 484. The minimum absolute atomic E-state index is 0.0902. The molecule has 0 unspecified atom stereocenters. The average Bonchev–Trinajstić information content (AvgIpc) is 2.74. The first kappa shape index (κ1) is 12.4. The molecule has 96 valence electrons. The van der Waals surface area contributed by atoms with Gasteiger partial charge >= 0.3 is 12.1 Å². The molecule has 1 aromatic carbocycles. The topological polar surface area (TPSA) is 66.8 Å². The van der Waals surface area contributed by atoms with E-state index in [0.717, 1.165) is 16.8 Å². The van der Waals surface area contributed by atoms with Crippen molar-refractivity contribution in [1.29, 1.82) is 0 Å². The SMILES string of the molecule is Cc1ccc(CCC(=O)O)cc1N1CCOC1=O. The van der Waals surface area contributed by atoms with Crippen LogP contribution in [0.25, 0.3) is 0 Å². The zero-order chi connectivity index (χ0) is 13.1. The van der Waals surface area contributed by atoms with Gasteiger partial charge in [0.05, 0.1) is 12.2 Å². The van der Waals surface area contributed by atoms with Gasteiger partial charge in [-0.05, 0) is 30.5 Å². The molecule has 1 aromatic rings. The van der Waals surface area contributed by atoms with Gasteiger partial charge < -0.3 is 9.84 Å². The second-order valence-corrected chi connectivity index (χ2v) is 4.28. The summed E-state index contributed by atoms with van der Waals surface area (Å²) >= 11 is 0. The highest BCUT2D eigenvalue weighted by molar-refractivity contribution is 5.90. The van der Waals surface area contributed by atoms with Gasteiger partial charge in [-0.2, -0.15) is 0 Å². The predicted molar refractivity (Wildman–Crippen MR) is 65.8 cm³/mol. The van der Waals surface area contributed by atoms with Crippen molar-refractivity contribution in [2.24, 2.45) is 0 Å². The first-order chi connectivity index (χ1) is 8.58. The van der Waals surface area contributed by atoms with Crippen LogP contribution in [0.3, 0.4) is 0 Å². The van der Waals surface area contributed by atoms with Gasteiger partial charge in [-0.1, -0.05) is 12.1 Å². The third-order valence-corrected chi connectivity index (χ3v) is 2.95. The van der Waals surface area contributed by atoms with E-state index in [4.69, 9.17) is 9.84 Å². The van der Waals surface area contributed by atoms with Gasteiger partial charge in [-0.25, -0.2) is 4.79 Å². The van der Waals surface area contributed by atoms with Crippen LogP contribution in [0.5, 0.6) is 0 Å². The number of cyclic esters (lactones) is 1. The Morgan fingerprint density at radius 3 is 2.89 bits per heavy atom. The second kappa shape index (κ2) is 5.08.